The van der Waals surface area contributed by atoms with Gasteiger partial charge in [0.15, 0.2) is 6.29 Å². The molecule has 5 nitrogen and oxygen atoms in total. The second kappa shape index (κ2) is 5.39. The second-order valence-electron chi connectivity index (χ2n) is 4.00. The Hall–Kier alpha value is -2.56. The molecular formula is C14H15N3O2. The fourth-order valence-electron chi connectivity index (χ4n) is 1.83. The van der Waals surface area contributed by atoms with Crippen molar-refractivity contribution >= 4 is 12.0 Å². The average Bonchev–Trinajstić information content (AvgIpc) is 2.82. The molecule has 0 saturated heterocycles. The number of aromatic nitrogens is 2. The van der Waals surface area contributed by atoms with E-state index in [-0.39, 0.29) is 0 Å². The van der Waals surface area contributed by atoms with E-state index in [2.05, 4.69) is 11.7 Å². The molecule has 0 radical (unpaired) electrons. The summed E-state index contributed by atoms with van der Waals surface area (Å²) >= 11 is 0. The van der Waals surface area contributed by atoms with Gasteiger partial charge in [-0.05, 0) is 24.3 Å². The van der Waals surface area contributed by atoms with Crippen LogP contribution in [0.2, 0.25) is 0 Å². The number of ether oxygens (including phenoxy) is 1. The zero-order valence-corrected chi connectivity index (χ0v) is 10.7. The number of allylic oxidation sites excluding steroid dienone is 1. The first-order chi connectivity index (χ1) is 9.19. The summed E-state index contributed by atoms with van der Waals surface area (Å²) in [5.74, 6) is 0.616. The number of methoxy groups -OCH3 is 1. The number of nitrogens with zero attached hydrogens (tertiary/aromatic N) is 2. The van der Waals surface area contributed by atoms with Crippen LogP contribution in [0.15, 0.2) is 36.9 Å². The zero-order chi connectivity index (χ0) is 13.8. The first-order valence-electron chi connectivity index (χ1n) is 5.77. The number of rotatable bonds is 5. The first kappa shape index (κ1) is 12.9. The summed E-state index contributed by atoms with van der Waals surface area (Å²) in [7, 11) is 1.56. The number of carbonyl (C=O) groups is 1. The van der Waals surface area contributed by atoms with Crippen molar-refractivity contribution in [2.75, 3.05) is 12.8 Å². The van der Waals surface area contributed by atoms with Crippen LogP contribution in [0.4, 0.5) is 5.69 Å². The van der Waals surface area contributed by atoms with Crippen LogP contribution in [0.5, 0.6) is 5.75 Å². The van der Waals surface area contributed by atoms with Crippen LogP contribution in [-0.2, 0) is 6.54 Å². The predicted molar refractivity (Wildman–Crippen MR) is 74.2 cm³/mol. The normalized spacial score (nSPS) is 10.2. The highest BCUT2D eigenvalue weighted by Crippen LogP contribution is 2.27. The number of aldehydes is 1. The molecule has 98 valence electrons. The second-order valence-corrected chi connectivity index (χ2v) is 4.00. The summed E-state index contributed by atoms with van der Waals surface area (Å²) in [6.45, 7) is 4.12. The molecule has 0 bridgehead atoms. The van der Waals surface area contributed by atoms with E-state index in [1.54, 1.807) is 36.1 Å². The molecule has 0 aliphatic carbocycles. The molecule has 2 aromatic rings. The van der Waals surface area contributed by atoms with E-state index >= 15 is 0 Å². The van der Waals surface area contributed by atoms with Crippen LogP contribution in [-0.4, -0.2) is 23.2 Å². The van der Waals surface area contributed by atoms with Crippen molar-refractivity contribution in [2.45, 2.75) is 6.54 Å². The SMILES string of the molecule is C=CCn1nc(-c2ccc(OC)c(N)c2)cc1C=O. The fraction of sp³-hybridized carbons (Fsp3) is 0.143. The van der Waals surface area contributed by atoms with E-state index in [0.29, 0.717) is 29.4 Å². The van der Waals surface area contributed by atoms with Crippen molar-refractivity contribution < 1.29 is 9.53 Å². The topological polar surface area (TPSA) is 70.1 Å². The number of hydrogen-bond donors (Lipinski definition) is 1. The summed E-state index contributed by atoms with van der Waals surface area (Å²) in [6.07, 6.45) is 2.46. The molecule has 1 aromatic carbocycles. The van der Waals surface area contributed by atoms with E-state index in [9.17, 15) is 4.79 Å². The smallest absolute Gasteiger partial charge is 0.168 e. The standard InChI is InChI=1S/C14H15N3O2/c1-3-6-17-11(9-18)8-13(16-17)10-4-5-14(19-2)12(15)7-10/h3-5,7-9H,1,6,15H2,2H3. The maximum Gasteiger partial charge on any atom is 0.168 e. The van der Waals surface area contributed by atoms with E-state index in [4.69, 9.17) is 10.5 Å². The Morgan fingerprint density at radius 1 is 1.47 bits per heavy atom. The summed E-state index contributed by atoms with van der Waals surface area (Å²) in [4.78, 5) is 11.0. The molecule has 2 rings (SSSR count). The Kier molecular flexibility index (Phi) is 3.66. The van der Waals surface area contributed by atoms with Crippen LogP contribution in [0.3, 0.4) is 0 Å². The van der Waals surface area contributed by atoms with Crippen LogP contribution in [0.1, 0.15) is 10.5 Å². The van der Waals surface area contributed by atoms with Gasteiger partial charge in [0.05, 0.1) is 25.0 Å². The number of carbonyl (C=O) groups excluding carboxylic acids is 1. The van der Waals surface area contributed by atoms with Crippen molar-refractivity contribution in [3.05, 3.63) is 42.6 Å². The van der Waals surface area contributed by atoms with Gasteiger partial charge in [-0.1, -0.05) is 6.08 Å². The molecule has 0 aliphatic rings. The number of nitrogens with two attached hydrogens (primary N) is 1. The lowest BCUT2D eigenvalue weighted by Crippen LogP contribution is -2.01. The molecule has 1 heterocycles. The lowest BCUT2D eigenvalue weighted by Gasteiger charge is -2.05. The zero-order valence-electron chi connectivity index (χ0n) is 10.7. The van der Waals surface area contributed by atoms with Crippen LogP contribution in [0.25, 0.3) is 11.3 Å². The molecule has 2 N–H and O–H groups in total. The van der Waals surface area contributed by atoms with Gasteiger partial charge in [0, 0.05) is 5.56 Å². The lowest BCUT2D eigenvalue weighted by atomic mass is 10.1. The summed E-state index contributed by atoms with van der Waals surface area (Å²) in [5.41, 5.74) is 8.43. The van der Waals surface area contributed by atoms with E-state index < -0.39 is 0 Å². The van der Waals surface area contributed by atoms with Crippen molar-refractivity contribution in [2.24, 2.45) is 0 Å². The monoisotopic (exact) mass is 257 g/mol. The Morgan fingerprint density at radius 3 is 2.84 bits per heavy atom. The highest BCUT2D eigenvalue weighted by atomic mass is 16.5. The van der Waals surface area contributed by atoms with Gasteiger partial charge in [0.2, 0.25) is 0 Å². The van der Waals surface area contributed by atoms with Crippen molar-refractivity contribution in [3.8, 4) is 17.0 Å². The molecule has 0 unspecified atom stereocenters. The van der Waals surface area contributed by atoms with Crippen LogP contribution < -0.4 is 10.5 Å². The third-order valence-corrected chi connectivity index (χ3v) is 2.76. The molecule has 0 saturated carbocycles. The van der Waals surface area contributed by atoms with Crippen molar-refractivity contribution in [3.63, 3.8) is 0 Å². The molecule has 0 fully saturated rings. The van der Waals surface area contributed by atoms with Gasteiger partial charge < -0.3 is 10.5 Å². The number of hydrogen-bond acceptors (Lipinski definition) is 4. The molecule has 19 heavy (non-hydrogen) atoms. The largest absolute Gasteiger partial charge is 0.495 e. The maximum absolute atomic E-state index is 11.0. The first-order valence-corrected chi connectivity index (χ1v) is 5.77. The Morgan fingerprint density at radius 2 is 2.26 bits per heavy atom. The minimum Gasteiger partial charge on any atom is -0.495 e. The van der Waals surface area contributed by atoms with E-state index in [0.717, 1.165) is 11.8 Å². The van der Waals surface area contributed by atoms with Gasteiger partial charge in [-0.15, -0.1) is 6.58 Å². The number of benzene rings is 1. The molecule has 0 aliphatic heterocycles. The molecule has 5 heteroatoms. The highest BCUT2D eigenvalue weighted by molar-refractivity contribution is 5.77. The van der Waals surface area contributed by atoms with Gasteiger partial charge in [0.25, 0.3) is 0 Å². The summed E-state index contributed by atoms with van der Waals surface area (Å²) < 4.78 is 6.70. The summed E-state index contributed by atoms with van der Waals surface area (Å²) in [6, 6.07) is 7.12. The fourth-order valence-corrected chi connectivity index (χ4v) is 1.83. The average molecular weight is 257 g/mol. The van der Waals surface area contributed by atoms with E-state index in [1.165, 1.54) is 0 Å². The maximum atomic E-state index is 11.0. The van der Waals surface area contributed by atoms with Gasteiger partial charge in [-0.25, -0.2) is 0 Å². The van der Waals surface area contributed by atoms with Crippen molar-refractivity contribution in [1.82, 2.24) is 9.78 Å². The Labute approximate surface area is 111 Å². The minimum atomic E-state index is 0.486. The lowest BCUT2D eigenvalue weighted by molar-refractivity contribution is 0.111. The molecule has 1 aromatic heterocycles. The molecule has 0 atom stereocenters. The molecule has 0 spiro atoms. The quantitative estimate of drug-likeness (QED) is 0.506. The van der Waals surface area contributed by atoms with Gasteiger partial charge in [0.1, 0.15) is 11.4 Å². The number of nitrogen functional groups attached to an aromatic ring is 1. The third kappa shape index (κ3) is 2.49. The van der Waals surface area contributed by atoms with Crippen LogP contribution in [0, 0.1) is 0 Å². The van der Waals surface area contributed by atoms with Crippen molar-refractivity contribution in [1.29, 1.82) is 0 Å². The highest BCUT2D eigenvalue weighted by Gasteiger charge is 2.09. The van der Waals surface area contributed by atoms with Gasteiger partial charge in [-0.2, -0.15) is 5.10 Å². The minimum absolute atomic E-state index is 0.486. The van der Waals surface area contributed by atoms with E-state index in [1.807, 2.05) is 6.07 Å². The Bertz CT molecular complexity index is 617. The number of anilines is 1. The third-order valence-electron chi connectivity index (χ3n) is 2.76. The van der Waals surface area contributed by atoms with Crippen LogP contribution >= 0.6 is 0 Å². The Balaban J connectivity index is 2.44. The summed E-state index contributed by atoms with van der Waals surface area (Å²) in [5, 5.41) is 4.36. The van der Waals surface area contributed by atoms with Gasteiger partial charge in [-0.3, -0.25) is 9.48 Å². The molecule has 0 amide bonds. The predicted octanol–water partition coefficient (Wildman–Crippen LogP) is 2.14. The molecular weight excluding hydrogens is 242 g/mol. The van der Waals surface area contributed by atoms with Gasteiger partial charge >= 0.3 is 0 Å².